The number of ketones is 2. The molecule has 0 saturated carbocycles. The molecule has 0 aliphatic heterocycles. The minimum absolute atomic E-state index is 0.0984. The molecule has 5 rings (SSSR count). The van der Waals surface area contributed by atoms with Crippen LogP contribution in [-0.2, 0) is 12.8 Å². The lowest BCUT2D eigenvalue weighted by molar-refractivity contribution is 0.0980. The Hall–Kier alpha value is -4.18. The van der Waals surface area contributed by atoms with Crippen LogP contribution in [-0.4, -0.2) is 24.7 Å². The van der Waals surface area contributed by atoms with Crippen molar-refractivity contribution in [2.45, 2.75) is 25.7 Å². The second kappa shape index (κ2) is 11.0. The van der Waals surface area contributed by atoms with Gasteiger partial charge in [-0.25, -0.2) is 0 Å². The number of anilines is 2. The molecule has 1 aliphatic rings. The Labute approximate surface area is 212 Å². The number of hydrogen-bond acceptors (Lipinski definition) is 4. The molecule has 0 fully saturated rings. The van der Waals surface area contributed by atoms with Crippen LogP contribution < -0.4 is 10.6 Å². The molecule has 4 heteroatoms. The summed E-state index contributed by atoms with van der Waals surface area (Å²) in [6.45, 7) is 1.45. The van der Waals surface area contributed by atoms with Gasteiger partial charge in [0.2, 0.25) is 0 Å². The monoisotopic (exact) mass is 474 g/mol. The van der Waals surface area contributed by atoms with E-state index < -0.39 is 0 Å². The number of rotatable bonds is 10. The summed E-state index contributed by atoms with van der Waals surface area (Å²) in [4.78, 5) is 27.2. The normalized spacial score (nSPS) is 12.1. The first-order valence-corrected chi connectivity index (χ1v) is 12.6. The van der Waals surface area contributed by atoms with E-state index in [2.05, 4.69) is 34.9 Å². The van der Waals surface area contributed by atoms with E-state index in [1.165, 1.54) is 11.1 Å². The van der Waals surface area contributed by atoms with Crippen LogP contribution in [0.2, 0.25) is 0 Å². The molecule has 36 heavy (non-hydrogen) atoms. The van der Waals surface area contributed by atoms with Gasteiger partial charge in [0, 0.05) is 35.6 Å². The van der Waals surface area contributed by atoms with Gasteiger partial charge in [0.25, 0.3) is 0 Å². The molecule has 0 saturated heterocycles. The third kappa shape index (κ3) is 5.08. The smallest absolute Gasteiger partial charge is 0.196 e. The minimum Gasteiger partial charge on any atom is -0.384 e. The highest BCUT2D eigenvalue weighted by molar-refractivity contribution is 6.31. The van der Waals surface area contributed by atoms with Gasteiger partial charge in [-0.2, -0.15) is 0 Å². The molecule has 0 aromatic heterocycles. The second-order valence-electron chi connectivity index (χ2n) is 9.15. The van der Waals surface area contributed by atoms with Crippen LogP contribution in [0.25, 0.3) is 0 Å². The predicted molar refractivity (Wildman–Crippen MR) is 146 cm³/mol. The van der Waals surface area contributed by atoms with Crippen LogP contribution in [0.4, 0.5) is 11.4 Å². The number of carbonyl (C=O) groups is 2. The number of hydrogen-bond donors (Lipinski definition) is 2. The van der Waals surface area contributed by atoms with Crippen LogP contribution in [0.15, 0.2) is 97.1 Å². The summed E-state index contributed by atoms with van der Waals surface area (Å²) >= 11 is 0. The zero-order valence-electron chi connectivity index (χ0n) is 20.3. The van der Waals surface area contributed by atoms with E-state index in [4.69, 9.17) is 0 Å². The molecule has 0 spiro atoms. The van der Waals surface area contributed by atoms with Crippen molar-refractivity contribution < 1.29 is 9.59 Å². The zero-order chi connectivity index (χ0) is 24.7. The highest BCUT2D eigenvalue weighted by atomic mass is 16.1. The second-order valence-corrected chi connectivity index (χ2v) is 9.15. The topological polar surface area (TPSA) is 58.2 Å². The third-order valence-corrected chi connectivity index (χ3v) is 6.67. The van der Waals surface area contributed by atoms with E-state index in [9.17, 15) is 9.59 Å². The van der Waals surface area contributed by atoms with Crippen LogP contribution in [0.1, 0.15) is 55.8 Å². The lowest BCUT2D eigenvalue weighted by atomic mass is 9.82. The molecule has 2 N–H and O–H groups in total. The molecule has 0 unspecified atom stereocenters. The molecule has 1 aliphatic carbocycles. The fourth-order valence-corrected chi connectivity index (χ4v) is 4.86. The van der Waals surface area contributed by atoms with E-state index in [1.54, 1.807) is 12.1 Å². The Balaban J connectivity index is 1.28. The van der Waals surface area contributed by atoms with E-state index in [0.717, 1.165) is 50.1 Å². The molecule has 0 radical (unpaired) electrons. The molecule has 4 aromatic carbocycles. The van der Waals surface area contributed by atoms with Gasteiger partial charge in [-0.1, -0.05) is 84.9 Å². The summed E-state index contributed by atoms with van der Waals surface area (Å²) in [6.07, 6.45) is 3.78. The van der Waals surface area contributed by atoms with Gasteiger partial charge in [-0.15, -0.1) is 0 Å². The Morgan fingerprint density at radius 3 is 1.31 bits per heavy atom. The Morgan fingerprint density at radius 2 is 0.889 bits per heavy atom. The standard InChI is InChI=1S/C32H30N2O2/c35-31-26-18-8-20-28(34-22-10-16-24-13-5-2-6-14-24)30(26)32(36)25-17-7-19-27(29(25)31)33-21-9-15-23-11-3-1-4-12-23/h1-8,11-14,17-20,33-34H,9-10,15-16,21-22H2. The Morgan fingerprint density at radius 1 is 0.472 bits per heavy atom. The van der Waals surface area contributed by atoms with Crippen LogP contribution in [0, 0.1) is 0 Å². The van der Waals surface area contributed by atoms with E-state index in [0.29, 0.717) is 22.3 Å². The van der Waals surface area contributed by atoms with Gasteiger partial charge in [-0.3, -0.25) is 9.59 Å². The molecule has 0 bridgehead atoms. The quantitative estimate of drug-likeness (QED) is 0.225. The van der Waals surface area contributed by atoms with Crippen molar-refractivity contribution in [1.82, 2.24) is 0 Å². The fourth-order valence-electron chi connectivity index (χ4n) is 4.86. The summed E-state index contributed by atoms with van der Waals surface area (Å²) in [5.41, 5.74) is 5.94. The third-order valence-electron chi connectivity index (χ3n) is 6.67. The van der Waals surface area contributed by atoms with Gasteiger partial charge in [0.1, 0.15) is 0 Å². The van der Waals surface area contributed by atoms with Crippen LogP contribution in [0.5, 0.6) is 0 Å². The average molecular weight is 475 g/mol. The Bertz CT molecular complexity index is 1260. The van der Waals surface area contributed by atoms with Crippen molar-refractivity contribution in [1.29, 1.82) is 0 Å². The number of nitrogens with one attached hydrogen (secondary N) is 2. The van der Waals surface area contributed by atoms with Crippen molar-refractivity contribution in [3.05, 3.63) is 130 Å². The number of carbonyl (C=O) groups excluding carboxylic acids is 2. The highest BCUT2D eigenvalue weighted by Crippen LogP contribution is 2.35. The number of aryl methyl sites for hydroxylation is 2. The van der Waals surface area contributed by atoms with Gasteiger partial charge in [0.05, 0.1) is 11.1 Å². The minimum atomic E-state index is -0.0984. The van der Waals surface area contributed by atoms with Gasteiger partial charge < -0.3 is 10.6 Å². The van der Waals surface area contributed by atoms with Gasteiger partial charge in [0.15, 0.2) is 11.6 Å². The first-order valence-electron chi connectivity index (χ1n) is 12.6. The van der Waals surface area contributed by atoms with Crippen molar-refractivity contribution in [3.8, 4) is 0 Å². The molecule has 180 valence electrons. The van der Waals surface area contributed by atoms with Crippen molar-refractivity contribution in [2.24, 2.45) is 0 Å². The summed E-state index contributed by atoms with van der Waals surface area (Å²) in [6, 6.07) is 31.7. The maximum absolute atomic E-state index is 13.6. The maximum Gasteiger partial charge on any atom is 0.196 e. The lowest BCUT2D eigenvalue weighted by Crippen LogP contribution is -2.24. The molecule has 4 aromatic rings. The molecule has 0 atom stereocenters. The zero-order valence-corrected chi connectivity index (χ0v) is 20.3. The first kappa shape index (κ1) is 23.6. The van der Waals surface area contributed by atoms with E-state index in [-0.39, 0.29) is 11.6 Å². The highest BCUT2D eigenvalue weighted by Gasteiger charge is 2.33. The molecule has 0 heterocycles. The van der Waals surface area contributed by atoms with Crippen LogP contribution >= 0.6 is 0 Å². The first-order chi connectivity index (χ1) is 17.7. The Kier molecular flexibility index (Phi) is 7.23. The molecule has 4 nitrogen and oxygen atoms in total. The van der Waals surface area contributed by atoms with Gasteiger partial charge >= 0.3 is 0 Å². The molecule has 0 amide bonds. The molecular weight excluding hydrogens is 444 g/mol. The fraction of sp³-hybridized carbons (Fsp3) is 0.188. The van der Waals surface area contributed by atoms with Crippen LogP contribution in [0.3, 0.4) is 0 Å². The number of fused-ring (bicyclic) bond motifs is 2. The largest absolute Gasteiger partial charge is 0.384 e. The van der Waals surface area contributed by atoms with E-state index >= 15 is 0 Å². The van der Waals surface area contributed by atoms with Crippen molar-refractivity contribution in [2.75, 3.05) is 23.7 Å². The SMILES string of the molecule is O=C1c2cccc(NCCCc3ccccc3)c2C(=O)c2cccc(NCCCc3ccccc3)c21. The van der Waals surface area contributed by atoms with Gasteiger partial charge in [-0.05, 0) is 48.9 Å². The lowest BCUT2D eigenvalue weighted by Gasteiger charge is -2.23. The molecular formula is C32H30N2O2. The van der Waals surface area contributed by atoms with E-state index in [1.807, 2.05) is 60.7 Å². The predicted octanol–water partition coefficient (Wildman–Crippen LogP) is 6.55. The van der Waals surface area contributed by atoms with Crippen molar-refractivity contribution in [3.63, 3.8) is 0 Å². The number of benzene rings is 4. The average Bonchev–Trinajstić information content (AvgIpc) is 2.93. The maximum atomic E-state index is 13.6. The van der Waals surface area contributed by atoms with Crippen molar-refractivity contribution >= 4 is 22.9 Å². The summed E-state index contributed by atoms with van der Waals surface area (Å²) < 4.78 is 0. The summed E-state index contributed by atoms with van der Waals surface area (Å²) in [5.74, 6) is -0.197. The summed E-state index contributed by atoms with van der Waals surface area (Å²) in [5, 5.41) is 6.82. The summed E-state index contributed by atoms with van der Waals surface area (Å²) in [7, 11) is 0.